The summed E-state index contributed by atoms with van der Waals surface area (Å²) in [6.07, 6.45) is 2.97. The van der Waals surface area contributed by atoms with Crippen molar-refractivity contribution in [2.75, 3.05) is 43.1 Å². The first-order chi connectivity index (χ1) is 14.4. The number of ether oxygens (including phenoxy) is 1. The molecule has 146 valence electrons. The summed E-state index contributed by atoms with van der Waals surface area (Å²) >= 11 is 3.37. The lowest BCUT2D eigenvalue weighted by atomic mass is 10.1. The Balaban J connectivity index is 1.55. The fourth-order valence-electron chi connectivity index (χ4n) is 3.99. The number of hydrogen-bond acceptors (Lipinski definition) is 8. The van der Waals surface area contributed by atoms with Crippen LogP contribution in [0.25, 0.3) is 32.0 Å². The largest absolute Gasteiger partial charge is 0.384 e. The highest BCUT2D eigenvalue weighted by molar-refractivity contribution is 7.19. The van der Waals surface area contributed by atoms with E-state index in [1.54, 1.807) is 22.7 Å². The van der Waals surface area contributed by atoms with Crippen LogP contribution in [0, 0.1) is 0 Å². The van der Waals surface area contributed by atoms with Gasteiger partial charge in [0.15, 0.2) is 11.6 Å². The van der Waals surface area contributed by atoms with E-state index in [-0.39, 0.29) is 0 Å². The lowest BCUT2D eigenvalue weighted by Crippen LogP contribution is -2.36. The topological polar surface area (TPSA) is 63.2 Å². The van der Waals surface area contributed by atoms with E-state index >= 15 is 0 Å². The number of nitrogens with one attached hydrogen (secondary N) is 1. The van der Waals surface area contributed by atoms with E-state index in [4.69, 9.17) is 14.7 Å². The zero-order valence-corrected chi connectivity index (χ0v) is 17.4. The van der Waals surface area contributed by atoms with E-state index in [0.29, 0.717) is 0 Å². The molecule has 29 heavy (non-hydrogen) atoms. The average molecular weight is 422 g/mol. The van der Waals surface area contributed by atoms with Crippen molar-refractivity contribution >= 4 is 44.4 Å². The molecule has 1 N–H and O–H groups in total. The SMILES string of the molecule is c1ncc(-c2csc3c(N4CCOCC4)nc(-c4ccc5c(c4)CCN5)nc23)s1. The summed E-state index contributed by atoms with van der Waals surface area (Å²) in [6, 6.07) is 6.51. The number of aromatic nitrogens is 3. The van der Waals surface area contributed by atoms with E-state index in [0.717, 1.165) is 77.1 Å². The van der Waals surface area contributed by atoms with Crippen LogP contribution in [0.3, 0.4) is 0 Å². The maximum Gasteiger partial charge on any atom is 0.162 e. The van der Waals surface area contributed by atoms with Crippen LogP contribution in [0.1, 0.15) is 5.56 Å². The van der Waals surface area contributed by atoms with Gasteiger partial charge in [0.25, 0.3) is 0 Å². The molecular formula is C21H19N5OS2. The van der Waals surface area contributed by atoms with Crippen molar-refractivity contribution in [3.05, 3.63) is 40.8 Å². The Hall–Kier alpha value is -2.55. The second-order valence-electron chi connectivity index (χ2n) is 7.21. The normalized spacial score (nSPS) is 16.2. The minimum absolute atomic E-state index is 0.735. The molecule has 0 saturated carbocycles. The smallest absolute Gasteiger partial charge is 0.162 e. The number of nitrogens with zero attached hydrogens (tertiary/aromatic N) is 4. The van der Waals surface area contributed by atoms with Gasteiger partial charge in [-0.05, 0) is 30.2 Å². The zero-order chi connectivity index (χ0) is 19.2. The molecule has 0 amide bonds. The molecular weight excluding hydrogens is 402 g/mol. The van der Waals surface area contributed by atoms with Crippen molar-refractivity contribution in [2.24, 2.45) is 0 Å². The Morgan fingerprint density at radius 2 is 2.03 bits per heavy atom. The molecule has 5 heterocycles. The summed E-state index contributed by atoms with van der Waals surface area (Å²) in [5.74, 6) is 1.81. The Labute approximate surface area is 176 Å². The molecule has 0 spiro atoms. The van der Waals surface area contributed by atoms with Crippen LogP contribution < -0.4 is 10.2 Å². The molecule has 1 aromatic carbocycles. The van der Waals surface area contributed by atoms with E-state index in [1.807, 2.05) is 11.7 Å². The van der Waals surface area contributed by atoms with Gasteiger partial charge in [0.05, 0.1) is 33.8 Å². The molecule has 0 bridgehead atoms. The Morgan fingerprint density at radius 1 is 1.10 bits per heavy atom. The molecule has 3 aromatic heterocycles. The summed E-state index contributed by atoms with van der Waals surface area (Å²) in [5.41, 5.74) is 7.68. The van der Waals surface area contributed by atoms with Gasteiger partial charge in [-0.25, -0.2) is 9.97 Å². The fraction of sp³-hybridized carbons (Fsp3) is 0.286. The summed E-state index contributed by atoms with van der Waals surface area (Å²) in [4.78, 5) is 17.8. The molecule has 2 aliphatic heterocycles. The van der Waals surface area contributed by atoms with Crippen LogP contribution in [0.15, 0.2) is 35.3 Å². The maximum absolute atomic E-state index is 5.57. The molecule has 6 rings (SSSR count). The predicted octanol–water partition coefficient (Wildman–Crippen LogP) is 4.29. The molecule has 0 aliphatic carbocycles. The highest BCUT2D eigenvalue weighted by Crippen LogP contribution is 2.40. The second-order valence-corrected chi connectivity index (χ2v) is 8.98. The third kappa shape index (κ3) is 2.99. The molecule has 0 radical (unpaired) electrons. The van der Waals surface area contributed by atoms with Crippen LogP contribution in [0.5, 0.6) is 0 Å². The quantitative estimate of drug-likeness (QED) is 0.533. The summed E-state index contributed by atoms with van der Waals surface area (Å²) in [5, 5.41) is 5.62. The molecule has 6 nitrogen and oxygen atoms in total. The van der Waals surface area contributed by atoms with Crippen molar-refractivity contribution in [1.82, 2.24) is 15.0 Å². The Morgan fingerprint density at radius 3 is 2.90 bits per heavy atom. The summed E-state index contributed by atoms with van der Waals surface area (Å²) in [7, 11) is 0. The van der Waals surface area contributed by atoms with Crippen molar-refractivity contribution in [3.8, 4) is 21.8 Å². The van der Waals surface area contributed by atoms with Gasteiger partial charge in [-0.1, -0.05) is 0 Å². The number of hydrogen-bond donors (Lipinski definition) is 1. The minimum Gasteiger partial charge on any atom is -0.384 e. The van der Waals surface area contributed by atoms with Gasteiger partial charge in [-0.15, -0.1) is 22.7 Å². The second kappa shape index (κ2) is 7.05. The molecule has 1 saturated heterocycles. The number of rotatable bonds is 3. The molecule has 0 atom stereocenters. The zero-order valence-electron chi connectivity index (χ0n) is 15.7. The summed E-state index contributed by atoms with van der Waals surface area (Å²) in [6.45, 7) is 4.18. The van der Waals surface area contributed by atoms with Crippen LogP contribution >= 0.6 is 22.7 Å². The number of thiazole rings is 1. The van der Waals surface area contributed by atoms with E-state index < -0.39 is 0 Å². The maximum atomic E-state index is 5.57. The van der Waals surface area contributed by atoms with Crippen LogP contribution in [0.2, 0.25) is 0 Å². The van der Waals surface area contributed by atoms with E-state index in [2.05, 4.69) is 38.8 Å². The average Bonchev–Trinajstić information content (AvgIpc) is 3.53. The minimum atomic E-state index is 0.735. The fourth-order valence-corrected chi connectivity index (χ4v) is 5.73. The third-order valence-corrected chi connectivity index (χ3v) is 7.25. The highest BCUT2D eigenvalue weighted by Gasteiger charge is 2.22. The first-order valence-corrected chi connectivity index (χ1v) is 11.5. The van der Waals surface area contributed by atoms with Gasteiger partial charge < -0.3 is 15.0 Å². The van der Waals surface area contributed by atoms with Gasteiger partial charge in [0.2, 0.25) is 0 Å². The lowest BCUT2D eigenvalue weighted by Gasteiger charge is -2.28. The monoisotopic (exact) mass is 421 g/mol. The molecule has 2 aliphatic rings. The number of fused-ring (bicyclic) bond motifs is 2. The van der Waals surface area contributed by atoms with Crippen molar-refractivity contribution in [2.45, 2.75) is 6.42 Å². The van der Waals surface area contributed by atoms with Crippen molar-refractivity contribution in [1.29, 1.82) is 0 Å². The lowest BCUT2D eigenvalue weighted by molar-refractivity contribution is 0.122. The summed E-state index contributed by atoms with van der Waals surface area (Å²) < 4.78 is 6.71. The molecule has 0 unspecified atom stereocenters. The highest BCUT2D eigenvalue weighted by atomic mass is 32.1. The van der Waals surface area contributed by atoms with E-state index in [1.165, 1.54) is 11.3 Å². The Bertz CT molecular complexity index is 1180. The third-order valence-electron chi connectivity index (χ3n) is 5.48. The molecule has 1 fully saturated rings. The first-order valence-electron chi connectivity index (χ1n) is 9.75. The Kier molecular flexibility index (Phi) is 4.21. The van der Waals surface area contributed by atoms with Gasteiger partial charge in [0.1, 0.15) is 0 Å². The number of morpholine rings is 1. The van der Waals surface area contributed by atoms with Gasteiger partial charge in [-0.3, -0.25) is 4.98 Å². The molecule has 8 heteroatoms. The number of anilines is 2. The predicted molar refractivity (Wildman–Crippen MR) is 119 cm³/mol. The van der Waals surface area contributed by atoms with Crippen LogP contribution in [-0.4, -0.2) is 47.8 Å². The van der Waals surface area contributed by atoms with Crippen molar-refractivity contribution in [3.63, 3.8) is 0 Å². The van der Waals surface area contributed by atoms with Crippen molar-refractivity contribution < 1.29 is 4.74 Å². The first kappa shape index (κ1) is 17.3. The van der Waals surface area contributed by atoms with Gasteiger partial charge in [-0.2, -0.15) is 0 Å². The van der Waals surface area contributed by atoms with E-state index in [9.17, 15) is 0 Å². The molecule has 4 aromatic rings. The van der Waals surface area contributed by atoms with Crippen LogP contribution in [0.4, 0.5) is 11.5 Å². The van der Waals surface area contributed by atoms with Crippen LogP contribution in [-0.2, 0) is 11.2 Å². The standard InChI is InChI=1S/C21H19N5OS2/c1-2-16-13(3-4-23-16)9-14(1)20-24-18-15(17-10-22-12-29-17)11-28-19(18)21(25-20)26-5-7-27-8-6-26/h1-2,9-12,23H,3-8H2. The van der Waals surface area contributed by atoms with Gasteiger partial charge >= 0.3 is 0 Å². The van der Waals surface area contributed by atoms with Gasteiger partial charge in [0, 0.05) is 48.0 Å². The number of thiophene rings is 1. The number of benzene rings is 1.